The molecule has 1 atom stereocenters. The number of imidazole rings is 1. The molecule has 0 spiro atoms. The lowest BCUT2D eigenvalue weighted by atomic mass is 10.1. The molecule has 96 valence electrons. The average molecular weight is 264 g/mol. The van der Waals surface area contributed by atoms with Crippen molar-refractivity contribution in [3.63, 3.8) is 0 Å². The van der Waals surface area contributed by atoms with Crippen LogP contribution in [0.15, 0.2) is 17.5 Å². The van der Waals surface area contributed by atoms with E-state index in [2.05, 4.69) is 9.97 Å². The van der Waals surface area contributed by atoms with E-state index in [0.29, 0.717) is 12.2 Å². The van der Waals surface area contributed by atoms with Crippen LogP contribution >= 0.6 is 11.3 Å². The Morgan fingerprint density at radius 2 is 2.39 bits per heavy atom. The predicted octanol–water partition coefficient (Wildman–Crippen LogP) is 3.11. The molecule has 0 saturated carbocycles. The third kappa shape index (κ3) is 2.31. The summed E-state index contributed by atoms with van der Waals surface area (Å²) in [5.41, 5.74) is 1.90. The normalized spacial score (nSPS) is 12.4. The van der Waals surface area contributed by atoms with Gasteiger partial charge in [0, 0.05) is 5.69 Å². The Bertz CT molecular complexity index is 531. The summed E-state index contributed by atoms with van der Waals surface area (Å²) in [5.74, 6) is 0.122. The van der Waals surface area contributed by atoms with Crippen LogP contribution in [0, 0.1) is 6.92 Å². The Balaban J connectivity index is 2.36. The van der Waals surface area contributed by atoms with Crippen LogP contribution in [0.25, 0.3) is 10.6 Å². The van der Waals surface area contributed by atoms with E-state index < -0.39 is 0 Å². The van der Waals surface area contributed by atoms with Crippen molar-refractivity contribution in [2.75, 3.05) is 7.11 Å². The van der Waals surface area contributed by atoms with E-state index in [1.165, 1.54) is 7.11 Å². The second-order valence-corrected chi connectivity index (χ2v) is 5.00. The fourth-order valence-corrected chi connectivity index (χ4v) is 2.69. The smallest absolute Gasteiger partial charge is 0.316 e. The highest BCUT2D eigenvalue weighted by Gasteiger charge is 2.24. The number of hydrogen-bond acceptors (Lipinski definition) is 4. The Kier molecular flexibility index (Phi) is 3.81. The van der Waals surface area contributed by atoms with Crippen molar-refractivity contribution in [3.8, 4) is 10.6 Å². The van der Waals surface area contributed by atoms with Gasteiger partial charge >= 0.3 is 5.97 Å². The highest BCUT2D eigenvalue weighted by atomic mass is 32.1. The zero-order chi connectivity index (χ0) is 13.1. The Labute approximate surface area is 110 Å². The molecule has 2 rings (SSSR count). The van der Waals surface area contributed by atoms with E-state index in [0.717, 1.165) is 16.3 Å². The van der Waals surface area contributed by atoms with E-state index in [-0.39, 0.29) is 11.9 Å². The van der Waals surface area contributed by atoms with Crippen molar-refractivity contribution in [1.29, 1.82) is 0 Å². The molecule has 2 aromatic heterocycles. The molecule has 0 fully saturated rings. The Hall–Kier alpha value is -1.62. The number of esters is 1. The molecule has 0 aromatic carbocycles. The quantitative estimate of drug-likeness (QED) is 0.863. The minimum atomic E-state index is -0.317. The number of carbonyl (C=O) groups is 1. The molecule has 1 unspecified atom stereocenters. The van der Waals surface area contributed by atoms with Crippen LogP contribution in [0.4, 0.5) is 0 Å². The molecule has 18 heavy (non-hydrogen) atoms. The summed E-state index contributed by atoms with van der Waals surface area (Å²) in [5, 5.41) is 2.01. The van der Waals surface area contributed by atoms with Crippen molar-refractivity contribution in [2.45, 2.75) is 26.2 Å². The zero-order valence-corrected chi connectivity index (χ0v) is 11.5. The van der Waals surface area contributed by atoms with Crippen LogP contribution in [-0.4, -0.2) is 23.0 Å². The molecule has 0 amide bonds. The molecule has 0 radical (unpaired) electrons. The molecule has 0 aliphatic rings. The number of rotatable bonds is 4. The van der Waals surface area contributed by atoms with Crippen LogP contribution in [0.1, 0.15) is 30.8 Å². The highest BCUT2D eigenvalue weighted by molar-refractivity contribution is 7.13. The number of thiophene rings is 1. The van der Waals surface area contributed by atoms with Gasteiger partial charge in [0.05, 0.1) is 12.0 Å². The van der Waals surface area contributed by atoms with Gasteiger partial charge in [-0.1, -0.05) is 13.0 Å². The van der Waals surface area contributed by atoms with Crippen LogP contribution in [0.5, 0.6) is 0 Å². The maximum atomic E-state index is 11.7. The van der Waals surface area contributed by atoms with E-state index in [1.54, 1.807) is 11.3 Å². The van der Waals surface area contributed by atoms with Crippen LogP contribution in [-0.2, 0) is 9.53 Å². The fourth-order valence-electron chi connectivity index (χ4n) is 1.92. The second kappa shape index (κ2) is 5.35. The summed E-state index contributed by atoms with van der Waals surface area (Å²) in [6.45, 7) is 3.92. The molecule has 0 aliphatic heterocycles. The van der Waals surface area contributed by atoms with Crippen molar-refractivity contribution in [2.24, 2.45) is 0 Å². The van der Waals surface area contributed by atoms with Crippen molar-refractivity contribution in [3.05, 3.63) is 29.0 Å². The maximum Gasteiger partial charge on any atom is 0.316 e. The number of carbonyl (C=O) groups excluding carboxylic acids is 1. The monoisotopic (exact) mass is 264 g/mol. The average Bonchev–Trinajstić information content (AvgIpc) is 2.99. The van der Waals surface area contributed by atoms with Gasteiger partial charge in [0.2, 0.25) is 0 Å². The first-order valence-electron chi connectivity index (χ1n) is 5.85. The van der Waals surface area contributed by atoms with E-state index in [1.807, 2.05) is 31.4 Å². The lowest BCUT2D eigenvalue weighted by Crippen LogP contribution is -2.14. The minimum absolute atomic E-state index is 0.246. The molecule has 1 N–H and O–H groups in total. The molecule has 4 nitrogen and oxygen atoms in total. The largest absolute Gasteiger partial charge is 0.468 e. The van der Waals surface area contributed by atoms with Gasteiger partial charge in [0.15, 0.2) is 0 Å². The summed E-state index contributed by atoms with van der Waals surface area (Å²) >= 11 is 1.64. The van der Waals surface area contributed by atoms with Gasteiger partial charge in [0.25, 0.3) is 0 Å². The summed E-state index contributed by atoms with van der Waals surface area (Å²) in [6, 6.07) is 4.02. The van der Waals surface area contributed by atoms with Gasteiger partial charge < -0.3 is 9.72 Å². The first-order valence-corrected chi connectivity index (χ1v) is 6.73. The summed E-state index contributed by atoms with van der Waals surface area (Å²) < 4.78 is 4.80. The maximum absolute atomic E-state index is 11.7. The van der Waals surface area contributed by atoms with Gasteiger partial charge in [-0.05, 0) is 24.8 Å². The molecule has 0 aliphatic carbocycles. The summed E-state index contributed by atoms with van der Waals surface area (Å²) in [4.78, 5) is 20.5. The summed E-state index contributed by atoms with van der Waals surface area (Å²) in [7, 11) is 1.40. The van der Waals surface area contributed by atoms with Crippen molar-refractivity contribution < 1.29 is 9.53 Å². The SMILES string of the molecule is CCC(C(=O)OC)c1nc(-c2cccs2)c(C)[nH]1. The number of aromatic nitrogens is 2. The predicted molar refractivity (Wildman–Crippen MR) is 71.7 cm³/mol. The zero-order valence-electron chi connectivity index (χ0n) is 10.7. The van der Waals surface area contributed by atoms with Gasteiger partial charge in [-0.25, -0.2) is 4.98 Å². The second-order valence-electron chi connectivity index (χ2n) is 4.06. The molecule has 0 saturated heterocycles. The minimum Gasteiger partial charge on any atom is -0.468 e. The van der Waals surface area contributed by atoms with E-state index in [4.69, 9.17) is 4.74 Å². The summed E-state index contributed by atoms with van der Waals surface area (Å²) in [6.07, 6.45) is 0.670. The van der Waals surface area contributed by atoms with Crippen molar-refractivity contribution >= 4 is 17.3 Å². The number of H-pyrrole nitrogens is 1. The van der Waals surface area contributed by atoms with Crippen LogP contribution in [0.3, 0.4) is 0 Å². The third-order valence-corrected chi connectivity index (χ3v) is 3.76. The van der Waals surface area contributed by atoms with Crippen LogP contribution in [0.2, 0.25) is 0 Å². The van der Waals surface area contributed by atoms with E-state index >= 15 is 0 Å². The topological polar surface area (TPSA) is 55.0 Å². The molecule has 5 heteroatoms. The Morgan fingerprint density at radius 1 is 1.61 bits per heavy atom. The highest BCUT2D eigenvalue weighted by Crippen LogP contribution is 2.28. The first kappa shape index (κ1) is 12.8. The lowest BCUT2D eigenvalue weighted by Gasteiger charge is -2.08. The number of aromatic amines is 1. The molecular weight excluding hydrogens is 248 g/mol. The lowest BCUT2D eigenvalue weighted by molar-refractivity contribution is -0.142. The first-order chi connectivity index (χ1) is 8.67. The van der Waals surface area contributed by atoms with Crippen LogP contribution < -0.4 is 0 Å². The Morgan fingerprint density at radius 3 is 2.94 bits per heavy atom. The van der Waals surface area contributed by atoms with E-state index in [9.17, 15) is 4.79 Å². The molecule has 0 bridgehead atoms. The number of nitrogens with zero attached hydrogens (tertiary/aromatic N) is 1. The van der Waals surface area contributed by atoms with Gasteiger partial charge in [-0.2, -0.15) is 0 Å². The standard InChI is InChI=1S/C13H16N2O2S/c1-4-9(13(16)17-3)12-14-8(2)11(15-12)10-6-5-7-18-10/h5-7,9H,4H2,1-3H3,(H,14,15). The number of hydrogen-bond donors (Lipinski definition) is 1. The van der Waals surface area contributed by atoms with Crippen molar-refractivity contribution in [1.82, 2.24) is 9.97 Å². The van der Waals surface area contributed by atoms with Gasteiger partial charge in [-0.3, -0.25) is 4.79 Å². The molecular formula is C13H16N2O2S. The van der Waals surface area contributed by atoms with Gasteiger partial charge in [-0.15, -0.1) is 11.3 Å². The molecule has 2 heterocycles. The number of ether oxygens (including phenoxy) is 1. The number of aryl methyl sites for hydroxylation is 1. The third-order valence-electron chi connectivity index (χ3n) is 2.88. The molecule has 2 aromatic rings. The fraction of sp³-hybridized carbons (Fsp3) is 0.385. The van der Waals surface area contributed by atoms with Gasteiger partial charge in [0.1, 0.15) is 17.4 Å². The number of methoxy groups -OCH3 is 1. The number of nitrogens with one attached hydrogen (secondary N) is 1.